The lowest BCUT2D eigenvalue weighted by atomic mass is 10.2. The lowest BCUT2D eigenvalue weighted by Gasteiger charge is -2.20. The Morgan fingerprint density at radius 2 is 1.76 bits per heavy atom. The molecule has 0 saturated carbocycles. The lowest BCUT2D eigenvalue weighted by molar-refractivity contribution is -0.129. The minimum Gasteiger partial charge on any atom is -0.486 e. The van der Waals surface area contributed by atoms with Gasteiger partial charge in [-0.1, -0.05) is 0 Å². The molecule has 154 valence electrons. The standard InChI is InChI=1S/C22H27N3O4/c1-15-13-18(22(27)23-8-7-21(26)24-9-3-4-10-24)16(2)25(15)17-5-6-19-20(14-17)29-12-11-28-19/h5-6,13-14H,3-4,7-12H2,1-2H3,(H,23,27). The van der Waals surface area contributed by atoms with Crippen LogP contribution in [0, 0.1) is 13.8 Å². The van der Waals surface area contributed by atoms with E-state index in [2.05, 4.69) is 5.32 Å². The average Bonchev–Trinajstić information content (AvgIpc) is 3.36. The maximum Gasteiger partial charge on any atom is 0.253 e. The normalized spacial score (nSPS) is 15.4. The smallest absolute Gasteiger partial charge is 0.253 e. The third-order valence-corrected chi connectivity index (χ3v) is 5.54. The van der Waals surface area contributed by atoms with Gasteiger partial charge in [-0.25, -0.2) is 0 Å². The highest BCUT2D eigenvalue weighted by atomic mass is 16.6. The summed E-state index contributed by atoms with van der Waals surface area (Å²) in [5.74, 6) is 1.41. The second kappa shape index (κ2) is 8.19. The van der Waals surface area contributed by atoms with E-state index < -0.39 is 0 Å². The number of amides is 2. The number of fused-ring (bicyclic) bond motifs is 1. The van der Waals surface area contributed by atoms with Crippen LogP contribution in [0.3, 0.4) is 0 Å². The maximum atomic E-state index is 12.7. The van der Waals surface area contributed by atoms with Gasteiger partial charge < -0.3 is 24.3 Å². The first-order chi connectivity index (χ1) is 14.0. The summed E-state index contributed by atoms with van der Waals surface area (Å²) < 4.78 is 13.3. The first kappa shape index (κ1) is 19.4. The molecule has 4 rings (SSSR count). The third kappa shape index (κ3) is 3.95. The van der Waals surface area contributed by atoms with Gasteiger partial charge in [-0.2, -0.15) is 0 Å². The Hall–Kier alpha value is -2.96. The maximum absolute atomic E-state index is 12.7. The molecule has 7 nitrogen and oxygen atoms in total. The first-order valence-corrected chi connectivity index (χ1v) is 10.2. The zero-order valence-corrected chi connectivity index (χ0v) is 17.0. The molecule has 0 radical (unpaired) electrons. The number of nitrogens with zero attached hydrogens (tertiary/aromatic N) is 2. The predicted octanol–water partition coefficient (Wildman–Crippen LogP) is 2.61. The van der Waals surface area contributed by atoms with Crippen molar-refractivity contribution < 1.29 is 19.1 Å². The monoisotopic (exact) mass is 397 g/mol. The van der Waals surface area contributed by atoms with E-state index in [0.29, 0.717) is 37.5 Å². The lowest BCUT2D eigenvalue weighted by Crippen LogP contribution is -2.32. The highest BCUT2D eigenvalue weighted by molar-refractivity contribution is 5.96. The highest BCUT2D eigenvalue weighted by Crippen LogP contribution is 2.33. The Morgan fingerprint density at radius 1 is 1.03 bits per heavy atom. The topological polar surface area (TPSA) is 72.8 Å². The van der Waals surface area contributed by atoms with Gasteiger partial charge in [-0.15, -0.1) is 0 Å². The summed E-state index contributed by atoms with van der Waals surface area (Å²) in [6, 6.07) is 7.67. The van der Waals surface area contributed by atoms with Crippen LogP contribution in [0.5, 0.6) is 11.5 Å². The van der Waals surface area contributed by atoms with Gasteiger partial charge in [0.05, 0.1) is 5.56 Å². The zero-order chi connectivity index (χ0) is 20.4. The van der Waals surface area contributed by atoms with Crippen LogP contribution in [0.1, 0.15) is 41.0 Å². The van der Waals surface area contributed by atoms with E-state index in [1.165, 1.54) is 0 Å². The van der Waals surface area contributed by atoms with E-state index in [4.69, 9.17) is 9.47 Å². The molecular formula is C22H27N3O4. The summed E-state index contributed by atoms with van der Waals surface area (Å²) in [5, 5.41) is 2.89. The van der Waals surface area contributed by atoms with Crippen molar-refractivity contribution in [1.82, 2.24) is 14.8 Å². The summed E-state index contributed by atoms with van der Waals surface area (Å²) in [4.78, 5) is 26.7. The molecule has 29 heavy (non-hydrogen) atoms. The Bertz CT molecular complexity index is 928. The largest absolute Gasteiger partial charge is 0.486 e. The van der Waals surface area contributed by atoms with Gasteiger partial charge in [0, 0.05) is 49.2 Å². The molecule has 1 saturated heterocycles. The molecule has 0 atom stereocenters. The van der Waals surface area contributed by atoms with Crippen LogP contribution in [-0.2, 0) is 4.79 Å². The Labute approximate surface area is 170 Å². The van der Waals surface area contributed by atoms with E-state index in [1.54, 1.807) is 0 Å². The van der Waals surface area contributed by atoms with Gasteiger partial charge in [0.15, 0.2) is 11.5 Å². The van der Waals surface area contributed by atoms with Crippen molar-refractivity contribution in [3.63, 3.8) is 0 Å². The molecular weight excluding hydrogens is 370 g/mol. The number of nitrogens with one attached hydrogen (secondary N) is 1. The second-order valence-electron chi connectivity index (χ2n) is 7.54. The molecule has 3 heterocycles. The summed E-state index contributed by atoms with van der Waals surface area (Å²) in [7, 11) is 0. The highest BCUT2D eigenvalue weighted by Gasteiger charge is 2.20. The fourth-order valence-electron chi connectivity index (χ4n) is 4.06. The van der Waals surface area contributed by atoms with Crippen LogP contribution in [0.25, 0.3) is 5.69 Å². The molecule has 0 aliphatic carbocycles. The van der Waals surface area contributed by atoms with Crippen LogP contribution in [0.4, 0.5) is 0 Å². The molecule has 1 N–H and O–H groups in total. The molecule has 1 aromatic heterocycles. The van der Waals surface area contributed by atoms with Gasteiger partial charge in [-0.05, 0) is 44.9 Å². The summed E-state index contributed by atoms with van der Waals surface area (Å²) in [5.41, 5.74) is 3.35. The number of ether oxygens (including phenoxy) is 2. The van der Waals surface area contributed by atoms with Crippen LogP contribution >= 0.6 is 0 Å². The SMILES string of the molecule is Cc1cc(C(=O)NCCC(=O)N2CCCC2)c(C)n1-c1ccc2c(c1)OCCO2. The minimum absolute atomic E-state index is 0.115. The van der Waals surface area contributed by atoms with Crippen molar-refractivity contribution in [3.05, 3.63) is 41.2 Å². The fourth-order valence-corrected chi connectivity index (χ4v) is 4.06. The number of benzene rings is 1. The average molecular weight is 397 g/mol. The molecule has 0 spiro atoms. The Kier molecular flexibility index (Phi) is 5.47. The third-order valence-electron chi connectivity index (χ3n) is 5.54. The number of hydrogen-bond acceptors (Lipinski definition) is 4. The Morgan fingerprint density at radius 3 is 2.52 bits per heavy atom. The van der Waals surface area contributed by atoms with Crippen molar-refractivity contribution in [2.45, 2.75) is 33.1 Å². The van der Waals surface area contributed by atoms with Crippen molar-refractivity contribution in [2.75, 3.05) is 32.8 Å². The fraction of sp³-hybridized carbons (Fsp3) is 0.455. The molecule has 1 aromatic carbocycles. The molecule has 0 bridgehead atoms. The molecule has 0 unspecified atom stereocenters. The van der Waals surface area contributed by atoms with Crippen LogP contribution in [-0.4, -0.2) is 54.1 Å². The zero-order valence-electron chi connectivity index (χ0n) is 17.0. The number of rotatable bonds is 5. The quantitative estimate of drug-likeness (QED) is 0.842. The van der Waals surface area contributed by atoms with Gasteiger partial charge >= 0.3 is 0 Å². The van der Waals surface area contributed by atoms with E-state index in [9.17, 15) is 9.59 Å². The van der Waals surface area contributed by atoms with Crippen molar-refractivity contribution in [3.8, 4) is 17.2 Å². The van der Waals surface area contributed by atoms with Gasteiger partial charge in [0.1, 0.15) is 13.2 Å². The number of carbonyl (C=O) groups is 2. The minimum atomic E-state index is -0.156. The molecule has 2 aliphatic heterocycles. The van der Waals surface area contributed by atoms with E-state index in [0.717, 1.165) is 48.8 Å². The second-order valence-corrected chi connectivity index (χ2v) is 7.54. The van der Waals surface area contributed by atoms with Crippen molar-refractivity contribution >= 4 is 11.8 Å². The molecule has 2 amide bonds. The number of likely N-dealkylation sites (tertiary alicyclic amines) is 1. The number of carbonyl (C=O) groups excluding carboxylic acids is 2. The van der Waals surface area contributed by atoms with E-state index in [-0.39, 0.29) is 11.8 Å². The van der Waals surface area contributed by atoms with Gasteiger partial charge in [0.25, 0.3) is 5.91 Å². The number of aromatic nitrogens is 1. The molecule has 2 aromatic rings. The predicted molar refractivity (Wildman–Crippen MR) is 109 cm³/mol. The molecule has 7 heteroatoms. The number of aryl methyl sites for hydroxylation is 1. The summed E-state index contributed by atoms with van der Waals surface area (Å²) >= 11 is 0. The van der Waals surface area contributed by atoms with Crippen LogP contribution < -0.4 is 14.8 Å². The first-order valence-electron chi connectivity index (χ1n) is 10.2. The van der Waals surface area contributed by atoms with E-state index in [1.807, 2.05) is 47.6 Å². The number of hydrogen-bond donors (Lipinski definition) is 1. The molecule has 1 fully saturated rings. The van der Waals surface area contributed by atoms with Crippen molar-refractivity contribution in [1.29, 1.82) is 0 Å². The van der Waals surface area contributed by atoms with Crippen LogP contribution in [0.15, 0.2) is 24.3 Å². The Balaban J connectivity index is 1.45. The van der Waals surface area contributed by atoms with Crippen molar-refractivity contribution in [2.24, 2.45) is 0 Å². The molecule has 2 aliphatic rings. The van der Waals surface area contributed by atoms with Gasteiger partial charge in [-0.3, -0.25) is 9.59 Å². The summed E-state index contributed by atoms with van der Waals surface area (Å²) in [6.07, 6.45) is 2.49. The summed E-state index contributed by atoms with van der Waals surface area (Å²) in [6.45, 7) is 7.00. The van der Waals surface area contributed by atoms with Crippen LogP contribution in [0.2, 0.25) is 0 Å². The van der Waals surface area contributed by atoms with Gasteiger partial charge in [0.2, 0.25) is 5.91 Å². The van der Waals surface area contributed by atoms with E-state index >= 15 is 0 Å².